The van der Waals surface area contributed by atoms with E-state index in [1.165, 1.54) is 32.1 Å². The first-order chi connectivity index (χ1) is 15.3. The Morgan fingerprint density at radius 2 is 1.66 bits per heavy atom. The monoisotopic (exact) mass is 508 g/mol. The summed E-state index contributed by atoms with van der Waals surface area (Å²) in [7, 11) is 0. The van der Waals surface area contributed by atoms with Gasteiger partial charge >= 0.3 is 5.97 Å². The maximum atomic E-state index is 12.3. The molecule has 0 radical (unpaired) electrons. The van der Waals surface area contributed by atoms with Crippen LogP contribution in [-0.4, -0.2) is 30.1 Å². The number of allylic oxidation sites excluding steroid dienone is 1. The Bertz CT molecular complexity index is 698. The Kier molecular flexibility index (Phi) is 12.0. The van der Waals surface area contributed by atoms with Crippen molar-refractivity contribution < 1.29 is 19.0 Å². The predicted molar refractivity (Wildman–Crippen MR) is 134 cm³/mol. The number of benzene rings is 1. The third kappa shape index (κ3) is 9.76. The van der Waals surface area contributed by atoms with Gasteiger partial charge < -0.3 is 14.2 Å². The highest BCUT2D eigenvalue weighted by molar-refractivity contribution is 9.10. The fraction of sp³-hybridized carbons (Fsp3) is 0.667. The number of carbonyl (C=O) groups excluding carboxylic acids is 1. The molecule has 0 bridgehead atoms. The molecule has 0 spiro atoms. The Morgan fingerprint density at radius 1 is 1.03 bits per heavy atom. The Hall–Kier alpha value is -1.17. The van der Waals surface area contributed by atoms with Crippen LogP contribution in [0.2, 0.25) is 0 Å². The van der Waals surface area contributed by atoms with Gasteiger partial charge in [-0.15, -0.1) is 0 Å². The van der Waals surface area contributed by atoms with Crippen molar-refractivity contribution in [1.82, 2.24) is 0 Å². The summed E-state index contributed by atoms with van der Waals surface area (Å²) in [5.41, 5.74) is 0.571. The smallest absolute Gasteiger partial charge is 0.338 e. The lowest BCUT2D eigenvalue weighted by atomic mass is 10.0. The highest BCUT2D eigenvalue weighted by Crippen LogP contribution is 2.33. The zero-order chi connectivity index (χ0) is 23.4. The van der Waals surface area contributed by atoms with Gasteiger partial charge in [0.05, 0.1) is 17.8 Å². The maximum absolute atomic E-state index is 12.3. The maximum Gasteiger partial charge on any atom is 0.338 e. The first-order valence-electron chi connectivity index (χ1n) is 12.3. The number of carbonyl (C=O) groups is 1. The zero-order valence-corrected chi connectivity index (χ0v) is 21.9. The molecule has 1 saturated heterocycles. The van der Waals surface area contributed by atoms with E-state index in [0.717, 1.165) is 36.6 Å². The molecule has 0 unspecified atom stereocenters. The van der Waals surface area contributed by atoms with E-state index in [-0.39, 0.29) is 24.3 Å². The van der Waals surface area contributed by atoms with Crippen molar-refractivity contribution in [2.45, 2.75) is 116 Å². The summed E-state index contributed by atoms with van der Waals surface area (Å²) in [5.74, 6) is -0.766. The predicted octanol–water partition coefficient (Wildman–Crippen LogP) is 7.99. The van der Waals surface area contributed by atoms with E-state index in [2.05, 4.69) is 28.9 Å². The van der Waals surface area contributed by atoms with Gasteiger partial charge in [0.15, 0.2) is 5.79 Å². The molecule has 1 aliphatic heterocycles. The highest BCUT2D eigenvalue weighted by atomic mass is 79.9. The molecule has 0 saturated carbocycles. The highest BCUT2D eigenvalue weighted by Gasteiger charge is 2.40. The van der Waals surface area contributed by atoms with E-state index >= 15 is 0 Å². The Morgan fingerprint density at radius 3 is 2.28 bits per heavy atom. The summed E-state index contributed by atoms with van der Waals surface area (Å²) < 4.78 is 18.9. The molecule has 0 aliphatic carbocycles. The minimum Gasteiger partial charge on any atom is -0.455 e. The second-order valence-electron chi connectivity index (χ2n) is 9.13. The van der Waals surface area contributed by atoms with Crippen LogP contribution < -0.4 is 0 Å². The normalized spacial score (nSPS) is 21.2. The number of halogens is 1. The summed E-state index contributed by atoms with van der Waals surface area (Å²) in [5, 5.41) is 0. The fourth-order valence-corrected chi connectivity index (χ4v) is 4.35. The topological polar surface area (TPSA) is 44.8 Å². The summed E-state index contributed by atoms with van der Waals surface area (Å²) in [6, 6.07) is 7.24. The number of hydrogen-bond donors (Lipinski definition) is 0. The SMILES string of the molecule is CCCCCCC[C@H]1OC(C)(C)O[C@@H]1CCC/C=C\[C@@H](CC)OC(=O)c1ccc(Br)cc1. The van der Waals surface area contributed by atoms with Crippen LogP contribution in [-0.2, 0) is 14.2 Å². The first kappa shape index (κ1) is 27.1. The van der Waals surface area contributed by atoms with Gasteiger partial charge in [0.2, 0.25) is 0 Å². The van der Waals surface area contributed by atoms with E-state index < -0.39 is 5.79 Å². The van der Waals surface area contributed by atoms with Crippen LogP contribution in [0.5, 0.6) is 0 Å². The molecule has 0 N–H and O–H groups in total. The standard InChI is InChI=1S/C27H41BrO4/c1-5-7-8-9-12-15-24-25(32-27(3,4)31-24)16-13-10-11-14-23(6-2)30-26(29)21-17-19-22(28)20-18-21/h11,14,17-20,23-25H,5-10,12-13,15-16H2,1-4H3/b14-11-/t23-,24-,25-/m1/s1. The van der Waals surface area contributed by atoms with Gasteiger partial charge in [-0.2, -0.15) is 0 Å². The Balaban J connectivity index is 1.73. The average molecular weight is 510 g/mol. The summed E-state index contributed by atoms with van der Waals surface area (Å²) >= 11 is 3.38. The molecule has 1 aromatic carbocycles. The number of ether oxygens (including phenoxy) is 3. The number of esters is 1. The van der Waals surface area contributed by atoms with Crippen molar-refractivity contribution in [3.8, 4) is 0 Å². The molecule has 2 rings (SSSR count). The van der Waals surface area contributed by atoms with Gasteiger partial charge in [-0.25, -0.2) is 4.79 Å². The third-order valence-electron chi connectivity index (χ3n) is 5.83. The first-order valence-corrected chi connectivity index (χ1v) is 13.1. The Labute approximate surface area is 203 Å². The lowest BCUT2D eigenvalue weighted by molar-refractivity contribution is -0.147. The molecular formula is C27H41BrO4. The molecule has 1 aromatic rings. The lowest BCUT2D eigenvalue weighted by Gasteiger charge is -2.16. The zero-order valence-electron chi connectivity index (χ0n) is 20.3. The molecule has 4 nitrogen and oxygen atoms in total. The molecular weight excluding hydrogens is 468 g/mol. The van der Waals surface area contributed by atoms with Crippen molar-refractivity contribution in [1.29, 1.82) is 0 Å². The van der Waals surface area contributed by atoms with E-state index in [1.54, 1.807) is 12.1 Å². The average Bonchev–Trinajstić information content (AvgIpc) is 3.06. The molecule has 3 atom stereocenters. The number of hydrogen-bond acceptors (Lipinski definition) is 4. The van der Waals surface area contributed by atoms with E-state index in [1.807, 2.05) is 39.0 Å². The summed E-state index contributed by atoms with van der Waals surface area (Å²) in [6.45, 7) is 8.31. The van der Waals surface area contributed by atoms with Crippen LogP contribution in [0.15, 0.2) is 40.9 Å². The van der Waals surface area contributed by atoms with Crippen LogP contribution in [0.4, 0.5) is 0 Å². The van der Waals surface area contributed by atoms with E-state index in [0.29, 0.717) is 5.56 Å². The fourth-order valence-electron chi connectivity index (χ4n) is 4.08. The molecule has 0 aromatic heterocycles. The van der Waals surface area contributed by atoms with Gasteiger partial charge in [-0.05, 0) is 76.3 Å². The van der Waals surface area contributed by atoms with Gasteiger partial charge in [0.25, 0.3) is 0 Å². The summed E-state index contributed by atoms with van der Waals surface area (Å²) in [4.78, 5) is 12.3. The number of rotatable bonds is 14. The van der Waals surface area contributed by atoms with Crippen molar-refractivity contribution in [3.63, 3.8) is 0 Å². The lowest BCUT2D eigenvalue weighted by Crippen LogP contribution is -2.22. The van der Waals surface area contributed by atoms with Crippen LogP contribution in [0.25, 0.3) is 0 Å². The van der Waals surface area contributed by atoms with Gasteiger partial charge in [-0.1, -0.05) is 68.0 Å². The van der Waals surface area contributed by atoms with Crippen LogP contribution in [0, 0.1) is 0 Å². The largest absolute Gasteiger partial charge is 0.455 e. The molecule has 180 valence electrons. The van der Waals surface area contributed by atoms with Gasteiger partial charge in [0, 0.05) is 4.47 Å². The van der Waals surface area contributed by atoms with E-state index in [9.17, 15) is 4.79 Å². The van der Waals surface area contributed by atoms with Crippen molar-refractivity contribution in [2.24, 2.45) is 0 Å². The minimum atomic E-state index is -0.483. The molecule has 1 heterocycles. The van der Waals surface area contributed by atoms with Crippen molar-refractivity contribution in [3.05, 3.63) is 46.5 Å². The van der Waals surface area contributed by atoms with Crippen molar-refractivity contribution in [2.75, 3.05) is 0 Å². The van der Waals surface area contributed by atoms with Gasteiger partial charge in [-0.3, -0.25) is 0 Å². The second kappa shape index (κ2) is 14.2. The van der Waals surface area contributed by atoms with Crippen LogP contribution in [0.1, 0.15) is 102 Å². The third-order valence-corrected chi connectivity index (χ3v) is 6.36. The molecule has 0 amide bonds. The molecule has 1 aliphatic rings. The minimum absolute atomic E-state index is 0.168. The van der Waals surface area contributed by atoms with Gasteiger partial charge in [0.1, 0.15) is 6.10 Å². The van der Waals surface area contributed by atoms with Crippen LogP contribution in [0.3, 0.4) is 0 Å². The van der Waals surface area contributed by atoms with E-state index in [4.69, 9.17) is 14.2 Å². The quantitative estimate of drug-likeness (QED) is 0.145. The molecule has 32 heavy (non-hydrogen) atoms. The summed E-state index contributed by atoms with van der Waals surface area (Å²) in [6.07, 6.45) is 15.5. The van der Waals surface area contributed by atoms with Crippen LogP contribution >= 0.6 is 15.9 Å². The molecule has 1 fully saturated rings. The molecule has 5 heteroatoms. The second-order valence-corrected chi connectivity index (χ2v) is 10.0. The van der Waals surface area contributed by atoms with Crippen molar-refractivity contribution >= 4 is 21.9 Å². The number of unbranched alkanes of at least 4 members (excludes halogenated alkanes) is 5.